The number of imide groups is 1. The van der Waals surface area contributed by atoms with Crippen molar-refractivity contribution in [2.24, 2.45) is 0 Å². The first-order chi connectivity index (χ1) is 14.4. The van der Waals surface area contributed by atoms with Gasteiger partial charge >= 0.3 is 6.03 Å². The van der Waals surface area contributed by atoms with Crippen LogP contribution in [0.25, 0.3) is 5.65 Å². The molecule has 154 valence electrons. The van der Waals surface area contributed by atoms with E-state index in [1.165, 1.54) is 0 Å². The summed E-state index contributed by atoms with van der Waals surface area (Å²) in [7, 11) is 0. The van der Waals surface area contributed by atoms with Crippen LogP contribution < -0.4 is 10.6 Å². The van der Waals surface area contributed by atoms with E-state index in [9.17, 15) is 14.4 Å². The highest BCUT2D eigenvalue weighted by atomic mass is 16.2. The Morgan fingerprint density at radius 3 is 2.67 bits per heavy atom. The lowest BCUT2D eigenvalue weighted by Gasteiger charge is -2.22. The van der Waals surface area contributed by atoms with E-state index in [4.69, 9.17) is 0 Å². The van der Waals surface area contributed by atoms with Crippen LogP contribution in [0.2, 0.25) is 0 Å². The normalized spacial score (nSPS) is 18.7. The topological polar surface area (TPSA) is 95.8 Å². The number of urea groups is 1. The molecule has 0 aliphatic carbocycles. The summed E-state index contributed by atoms with van der Waals surface area (Å²) in [6.45, 7) is 3.64. The van der Waals surface area contributed by atoms with E-state index < -0.39 is 23.4 Å². The van der Waals surface area contributed by atoms with E-state index in [2.05, 4.69) is 15.6 Å². The molecular weight excluding hydrogens is 382 g/mol. The van der Waals surface area contributed by atoms with E-state index in [0.29, 0.717) is 18.5 Å². The maximum atomic E-state index is 12.9. The second-order valence-corrected chi connectivity index (χ2v) is 7.61. The van der Waals surface area contributed by atoms with E-state index in [1.807, 2.05) is 66.2 Å². The van der Waals surface area contributed by atoms with Crippen molar-refractivity contribution in [3.63, 3.8) is 0 Å². The number of hydrogen-bond acceptors (Lipinski definition) is 4. The number of fused-ring (bicyclic) bond motifs is 1. The fourth-order valence-electron chi connectivity index (χ4n) is 3.56. The van der Waals surface area contributed by atoms with Gasteiger partial charge in [-0.3, -0.25) is 14.5 Å². The van der Waals surface area contributed by atoms with Gasteiger partial charge in [-0.15, -0.1) is 0 Å². The molecule has 3 heterocycles. The van der Waals surface area contributed by atoms with Gasteiger partial charge in [-0.25, -0.2) is 9.78 Å². The third-order valence-electron chi connectivity index (χ3n) is 5.32. The van der Waals surface area contributed by atoms with Crippen LogP contribution in [0.4, 0.5) is 4.79 Å². The predicted molar refractivity (Wildman–Crippen MR) is 111 cm³/mol. The summed E-state index contributed by atoms with van der Waals surface area (Å²) < 4.78 is 1.91. The molecule has 1 fully saturated rings. The van der Waals surface area contributed by atoms with Crippen molar-refractivity contribution in [2.75, 3.05) is 13.1 Å². The number of rotatable bonds is 6. The summed E-state index contributed by atoms with van der Waals surface area (Å²) in [5, 5.41) is 5.47. The molecule has 1 saturated heterocycles. The molecule has 0 spiro atoms. The average molecular weight is 405 g/mol. The van der Waals surface area contributed by atoms with Crippen LogP contribution in [-0.4, -0.2) is 45.2 Å². The van der Waals surface area contributed by atoms with Crippen LogP contribution in [-0.2, 0) is 21.5 Å². The van der Waals surface area contributed by atoms with Crippen LogP contribution in [0.3, 0.4) is 0 Å². The molecule has 2 N–H and O–H groups in total. The Bertz CT molecular complexity index is 1090. The average Bonchev–Trinajstić information content (AvgIpc) is 3.23. The minimum Gasteiger partial charge on any atom is -0.354 e. The number of nitrogens with one attached hydrogen (secondary N) is 2. The molecule has 8 heteroatoms. The fourth-order valence-corrected chi connectivity index (χ4v) is 3.56. The van der Waals surface area contributed by atoms with Gasteiger partial charge in [-0.1, -0.05) is 35.9 Å². The van der Waals surface area contributed by atoms with Crippen molar-refractivity contribution in [1.82, 2.24) is 24.9 Å². The third-order valence-corrected chi connectivity index (χ3v) is 5.32. The lowest BCUT2D eigenvalue weighted by Crippen LogP contribution is -2.43. The van der Waals surface area contributed by atoms with Crippen molar-refractivity contribution in [3.8, 4) is 0 Å². The summed E-state index contributed by atoms with van der Waals surface area (Å²) in [4.78, 5) is 43.0. The maximum Gasteiger partial charge on any atom is 0.325 e. The molecule has 0 radical (unpaired) electrons. The number of hydrogen-bond donors (Lipinski definition) is 2. The van der Waals surface area contributed by atoms with E-state index in [0.717, 1.165) is 21.8 Å². The first kappa shape index (κ1) is 19.6. The van der Waals surface area contributed by atoms with Crippen molar-refractivity contribution in [1.29, 1.82) is 0 Å². The van der Waals surface area contributed by atoms with Crippen molar-refractivity contribution >= 4 is 23.5 Å². The zero-order valence-electron chi connectivity index (χ0n) is 16.9. The van der Waals surface area contributed by atoms with Gasteiger partial charge in [0.15, 0.2) is 0 Å². The lowest BCUT2D eigenvalue weighted by molar-refractivity contribution is -0.134. The van der Waals surface area contributed by atoms with Crippen LogP contribution in [0, 0.1) is 6.92 Å². The Morgan fingerprint density at radius 1 is 1.17 bits per heavy atom. The van der Waals surface area contributed by atoms with Crippen LogP contribution in [0.1, 0.15) is 23.7 Å². The van der Waals surface area contributed by atoms with Gasteiger partial charge in [0.25, 0.3) is 5.91 Å². The molecule has 4 rings (SSSR count). The summed E-state index contributed by atoms with van der Waals surface area (Å²) in [5.41, 5.74) is 2.25. The monoisotopic (exact) mass is 405 g/mol. The summed E-state index contributed by atoms with van der Waals surface area (Å²) in [5.74, 6) is -0.831. The SMILES string of the molecule is Cc1ccc([C@@]2(C)NC(=O)N(CC(=O)NCCc3cn4ccccc4n3)C2=O)cc1. The number of carbonyl (C=O) groups excluding carboxylic acids is 3. The van der Waals surface area contributed by atoms with Gasteiger partial charge in [-0.05, 0) is 31.5 Å². The van der Waals surface area contributed by atoms with Crippen molar-refractivity contribution in [3.05, 3.63) is 71.7 Å². The Labute approximate surface area is 173 Å². The molecule has 0 saturated carbocycles. The number of pyridine rings is 1. The molecule has 1 atom stereocenters. The molecule has 3 aromatic rings. The predicted octanol–water partition coefficient (Wildman–Crippen LogP) is 1.77. The summed E-state index contributed by atoms with van der Waals surface area (Å²) in [6, 6.07) is 12.6. The van der Waals surface area contributed by atoms with Crippen LogP contribution in [0.15, 0.2) is 54.9 Å². The van der Waals surface area contributed by atoms with Crippen LogP contribution >= 0.6 is 0 Å². The maximum absolute atomic E-state index is 12.9. The second kappa shape index (κ2) is 7.62. The van der Waals surface area contributed by atoms with Crippen molar-refractivity contribution in [2.45, 2.75) is 25.8 Å². The summed E-state index contributed by atoms with van der Waals surface area (Å²) >= 11 is 0. The van der Waals surface area contributed by atoms with E-state index in [1.54, 1.807) is 6.92 Å². The lowest BCUT2D eigenvalue weighted by atomic mass is 9.91. The van der Waals surface area contributed by atoms with Gasteiger partial charge in [0.2, 0.25) is 5.91 Å². The Kier molecular flexibility index (Phi) is 4.99. The number of amides is 4. The number of nitrogens with zero attached hydrogens (tertiary/aromatic N) is 3. The molecule has 1 aliphatic heterocycles. The third kappa shape index (κ3) is 3.63. The Hall–Kier alpha value is -3.68. The molecule has 4 amide bonds. The van der Waals surface area contributed by atoms with Gasteiger partial charge in [0.05, 0.1) is 5.69 Å². The fraction of sp³-hybridized carbons (Fsp3) is 0.273. The smallest absolute Gasteiger partial charge is 0.325 e. The highest BCUT2D eigenvalue weighted by molar-refractivity contribution is 6.09. The zero-order chi connectivity index (χ0) is 21.3. The molecule has 8 nitrogen and oxygen atoms in total. The zero-order valence-corrected chi connectivity index (χ0v) is 16.9. The second-order valence-electron chi connectivity index (χ2n) is 7.61. The number of imidazole rings is 1. The van der Waals surface area contributed by atoms with Gasteiger partial charge in [0, 0.05) is 25.4 Å². The Morgan fingerprint density at radius 2 is 1.93 bits per heavy atom. The number of aryl methyl sites for hydroxylation is 1. The molecule has 1 aromatic carbocycles. The van der Waals surface area contributed by atoms with Gasteiger partial charge in [-0.2, -0.15) is 0 Å². The number of benzene rings is 1. The molecule has 0 unspecified atom stereocenters. The molecule has 0 bridgehead atoms. The number of aromatic nitrogens is 2. The number of carbonyl (C=O) groups is 3. The van der Waals surface area contributed by atoms with Gasteiger partial charge in [0.1, 0.15) is 17.7 Å². The first-order valence-corrected chi connectivity index (χ1v) is 9.77. The molecule has 30 heavy (non-hydrogen) atoms. The molecular formula is C22H23N5O3. The van der Waals surface area contributed by atoms with Gasteiger partial charge < -0.3 is 15.0 Å². The molecule has 1 aliphatic rings. The Balaban J connectivity index is 1.35. The molecule has 2 aromatic heterocycles. The summed E-state index contributed by atoms with van der Waals surface area (Å²) in [6.07, 6.45) is 4.37. The minimum absolute atomic E-state index is 0.322. The standard InChI is InChI=1S/C22H23N5O3/c1-15-6-8-16(9-7-15)22(2)20(29)27(21(30)25-22)14-19(28)23-11-10-17-13-26-12-4-3-5-18(26)24-17/h3-9,12-13H,10-11,14H2,1-2H3,(H,23,28)(H,25,30)/t22-/m1/s1. The largest absolute Gasteiger partial charge is 0.354 e. The first-order valence-electron chi connectivity index (χ1n) is 9.77. The van der Waals surface area contributed by atoms with E-state index >= 15 is 0 Å². The van der Waals surface area contributed by atoms with E-state index in [-0.39, 0.29) is 6.54 Å². The highest BCUT2D eigenvalue weighted by Crippen LogP contribution is 2.28. The minimum atomic E-state index is -1.18. The quantitative estimate of drug-likeness (QED) is 0.611. The highest BCUT2D eigenvalue weighted by Gasteiger charge is 2.49. The van der Waals surface area contributed by atoms with Crippen molar-refractivity contribution < 1.29 is 14.4 Å². The van der Waals surface area contributed by atoms with Crippen LogP contribution in [0.5, 0.6) is 0 Å².